The Labute approximate surface area is 183 Å². The molecule has 1 spiro atoms. The number of amides is 2. The van der Waals surface area contributed by atoms with Crippen molar-refractivity contribution < 1.29 is 18.4 Å². The quantitative estimate of drug-likeness (QED) is 0.783. The molecule has 0 atom stereocenters. The summed E-state index contributed by atoms with van der Waals surface area (Å²) in [7, 11) is 1.99. The van der Waals surface area contributed by atoms with Gasteiger partial charge in [0, 0.05) is 48.3 Å². The average Bonchev–Trinajstić information content (AvgIpc) is 3.00. The summed E-state index contributed by atoms with van der Waals surface area (Å²) in [6.07, 6.45) is 1.18. The van der Waals surface area contributed by atoms with E-state index in [0.29, 0.717) is 29.1 Å². The molecule has 6 nitrogen and oxygen atoms in total. The number of hydrogen-bond acceptors (Lipinski definition) is 4. The van der Waals surface area contributed by atoms with Crippen LogP contribution in [-0.2, 0) is 9.59 Å². The summed E-state index contributed by atoms with van der Waals surface area (Å²) < 4.78 is 26.6. The Morgan fingerprint density at radius 3 is 2.45 bits per heavy atom. The molecule has 2 amide bonds. The molecule has 1 N–H and O–H groups in total. The highest BCUT2D eigenvalue weighted by atomic mass is 35.5. The molecule has 1 saturated heterocycles. The van der Waals surface area contributed by atoms with Gasteiger partial charge in [-0.2, -0.15) is 0 Å². The summed E-state index contributed by atoms with van der Waals surface area (Å²) in [6.45, 7) is 1.21. The fraction of sp³-hybridized carbons (Fsp3) is 0.318. The lowest BCUT2D eigenvalue weighted by Gasteiger charge is -2.41. The van der Waals surface area contributed by atoms with Crippen molar-refractivity contribution in [1.82, 2.24) is 9.80 Å². The Kier molecular flexibility index (Phi) is 5.77. The number of aliphatic imine (C=N–C) groups is 1. The first kappa shape index (κ1) is 21.4. The van der Waals surface area contributed by atoms with Gasteiger partial charge in [-0.3, -0.25) is 14.6 Å². The van der Waals surface area contributed by atoms with Crippen molar-refractivity contribution in [2.24, 2.45) is 4.99 Å². The maximum Gasteiger partial charge on any atom is 0.275 e. The van der Waals surface area contributed by atoms with E-state index in [0.717, 1.165) is 25.2 Å². The molecule has 1 fully saturated rings. The van der Waals surface area contributed by atoms with Crippen molar-refractivity contribution in [1.29, 1.82) is 0 Å². The minimum Gasteiger partial charge on any atom is -0.324 e. The molecule has 2 aliphatic rings. The molecule has 31 heavy (non-hydrogen) atoms. The van der Waals surface area contributed by atoms with Gasteiger partial charge in [0.1, 0.15) is 17.9 Å². The van der Waals surface area contributed by atoms with Crippen molar-refractivity contribution in [3.05, 3.63) is 64.7 Å². The van der Waals surface area contributed by atoms with E-state index in [9.17, 15) is 18.4 Å². The molecule has 0 aliphatic carbocycles. The molecular formula is C22H21ClF2N4O2. The molecule has 0 radical (unpaired) electrons. The zero-order chi connectivity index (χ0) is 22.2. The smallest absolute Gasteiger partial charge is 0.275 e. The van der Waals surface area contributed by atoms with Crippen molar-refractivity contribution >= 4 is 34.8 Å². The van der Waals surface area contributed by atoms with E-state index in [1.165, 1.54) is 11.0 Å². The minimum absolute atomic E-state index is 0.117. The molecule has 0 aromatic heterocycles. The predicted molar refractivity (Wildman–Crippen MR) is 114 cm³/mol. The van der Waals surface area contributed by atoms with E-state index in [4.69, 9.17) is 16.6 Å². The largest absolute Gasteiger partial charge is 0.324 e. The average molecular weight is 447 g/mol. The van der Waals surface area contributed by atoms with Crippen molar-refractivity contribution in [2.45, 2.75) is 18.5 Å². The molecule has 2 aliphatic heterocycles. The highest BCUT2D eigenvalue weighted by Crippen LogP contribution is 2.36. The summed E-state index contributed by atoms with van der Waals surface area (Å²) in [4.78, 5) is 34.4. The lowest BCUT2D eigenvalue weighted by molar-refractivity contribution is -0.134. The predicted octanol–water partition coefficient (Wildman–Crippen LogP) is 3.31. The monoisotopic (exact) mass is 446 g/mol. The van der Waals surface area contributed by atoms with Crippen LogP contribution in [0.5, 0.6) is 0 Å². The maximum absolute atomic E-state index is 13.5. The number of carbonyl (C=O) groups excluding carboxylic acids is 2. The minimum atomic E-state index is -1.06. The molecule has 162 valence electrons. The third-order valence-electron chi connectivity index (χ3n) is 5.68. The Bertz CT molecular complexity index is 1050. The van der Waals surface area contributed by atoms with Crippen LogP contribution in [0.4, 0.5) is 14.5 Å². The van der Waals surface area contributed by atoms with Crippen LogP contribution >= 0.6 is 11.6 Å². The van der Waals surface area contributed by atoms with Gasteiger partial charge >= 0.3 is 0 Å². The number of piperidine rings is 1. The highest BCUT2D eigenvalue weighted by Gasteiger charge is 2.49. The van der Waals surface area contributed by atoms with Gasteiger partial charge in [-0.1, -0.05) is 23.7 Å². The summed E-state index contributed by atoms with van der Waals surface area (Å²) in [5, 5.41) is 3.08. The fourth-order valence-electron chi connectivity index (χ4n) is 3.92. The Balaban J connectivity index is 1.58. The summed E-state index contributed by atoms with van der Waals surface area (Å²) in [6, 6.07) is 9.94. The first-order chi connectivity index (χ1) is 14.8. The highest BCUT2D eigenvalue weighted by molar-refractivity contribution is 6.47. The second-order valence-corrected chi connectivity index (χ2v) is 8.26. The molecule has 0 unspecified atom stereocenters. The number of hydrogen-bond donors (Lipinski definition) is 1. The van der Waals surface area contributed by atoms with E-state index in [2.05, 4.69) is 10.2 Å². The van der Waals surface area contributed by atoms with Crippen LogP contribution in [0.25, 0.3) is 0 Å². The van der Waals surface area contributed by atoms with E-state index in [-0.39, 0.29) is 18.1 Å². The van der Waals surface area contributed by atoms with E-state index >= 15 is 0 Å². The fourth-order valence-corrected chi connectivity index (χ4v) is 4.05. The molecule has 9 heteroatoms. The van der Waals surface area contributed by atoms with Gasteiger partial charge in [0.05, 0.1) is 0 Å². The maximum atomic E-state index is 13.5. The van der Waals surface area contributed by atoms with Crippen LogP contribution in [0.2, 0.25) is 5.02 Å². The van der Waals surface area contributed by atoms with Gasteiger partial charge in [-0.25, -0.2) is 8.78 Å². The van der Waals surface area contributed by atoms with Crippen LogP contribution in [0.1, 0.15) is 18.4 Å². The summed E-state index contributed by atoms with van der Waals surface area (Å²) in [5.41, 5.74) is 0.231. The molecule has 4 rings (SSSR count). The molecular weight excluding hydrogens is 426 g/mol. The first-order valence-corrected chi connectivity index (χ1v) is 10.3. The van der Waals surface area contributed by atoms with Gasteiger partial charge in [0.15, 0.2) is 11.6 Å². The second-order valence-electron chi connectivity index (χ2n) is 7.82. The van der Waals surface area contributed by atoms with Gasteiger partial charge < -0.3 is 15.1 Å². The SMILES string of the molecule is CN1CCC2(CC1)N=C(c1ccc(Cl)cc1)C(=O)N2CC(=O)Nc1ccc(F)c(F)c1. The first-order valence-electron chi connectivity index (χ1n) is 9.89. The van der Waals surface area contributed by atoms with Crippen LogP contribution in [-0.4, -0.2) is 59.7 Å². The van der Waals surface area contributed by atoms with Gasteiger partial charge in [-0.15, -0.1) is 0 Å². The zero-order valence-electron chi connectivity index (χ0n) is 16.9. The topological polar surface area (TPSA) is 65.0 Å². The van der Waals surface area contributed by atoms with Crippen molar-refractivity contribution in [3.8, 4) is 0 Å². The Hall–Kier alpha value is -2.84. The van der Waals surface area contributed by atoms with Crippen LogP contribution in [0.15, 0.2) is 47.5 Å². The van der Waals surface area contributed by atoms with Gasteiger partial charge in [-0.05, 0) is 31.3 Å². The number of likely N-dealkylation sites (tertiary alicyclic amines) is 1. The van der Waals surface area contributed by atoms with Crippen LogP contribution < -0.4 is 5.32 Å². The van der Waals surface area contributed by atoms with E-state index in [1.807, 2.05) is 7.05 Å². The van der Waals surface area contributed by atoms with E-state index < -0.39 is 23.2 Å². The number of halogens is 3. The number of benzene rings is 2. The number of rotatable bonds is 4. The lowest BCUT2D eigenvalue weighted by atomic mass is 9.96. The summed E-state index contributed by atoms with van der Waals surface area (Å²) in [5.74, 6) is -2.91. The summed E-state index contributed by atoms with van der Waals surface area (Å²) >= 11 is 5.96. The van der Waals surface area contributed by atoms with Crippen LogP contribution in [0, 0.1) is 11.6 Å². The lowest BCUT2D eigenvalue weighted by Crippen LogP contribution is -2.55. The molecule has 2 aromatic carbocycles. The van der Waals surface area contributed by atoms with Gasteiger partial charge in [0.2, 0.25) is 5.91 Å². The third-order valence-corrected chi connectivity index (χ3v) is 5.93. The second kappa shape index (κ2) is 8.36. The van der Waals surface area contributed by atoms with Crippen molar-refractivity contribution in [2.75, 3.05) is 32.0 Å². The Morgan fingerprint density at radius 2 is 1.81 bits per heavy atom. The number of carbonyl (C=O) groups is 2. The van der Waals surface area contributed by atoms with Crippen LogP contribution in [0.3, 0.4) is 0 Å². The number of nitrogens with zero attached hydrogens (tertiary/aromatic N) is 3. The number of anilines is 1. The van der Waals surface area contributed by atoms with Crippen molar-refractivity contribution in [3.63, 3.8) is 0 Å². The molecule has 2 heterocycles. The zero-order valence-corrected chi connectivity index (χ0v) is 17.6. The number of nitrogens with one attached hydrogen (secondary N) is 1. The molecule has 0 saturated carbocycles. The van der Waals surface area contributed by atoms with Gasteiger partial charge in [0.25, 0.3) is 5.91 Å². The normalized spacial score (nSPS) is 18.4. The Morgan fingerprint density at radius 1 is 1.13 bits per heavy atom. The molecule has 0 bridgehead atoms. The van der Waals surface area contributed by atoms with E-state index in [1.54, 1.807) is 24.3 Å². The third kappa shape index (κ3) is 4.31. The standard InChI is InChI=1S/C22H21ClF2N4O2/c1-28-10-8-22(9-11-28)27-20(14-2-4-15(23)5-3-14)21(31)29(22)13-19(30)26-16-6-7-17(24)18(25)12-16/h2-7,12H,8-11,13H2,1H3,(H,26,30). The molecule has 2 aromatic rings.